The van der Waals surface area contributed by atoms with E-state index >= 15 is 0 Å². The van der Waals surface area contributed by atoms with Crippen molar-refractivity contribution in [2.24, 2.45) is 0 Å². The van der Waals surface area contributed by atoms with Crippen LogP contribution in [0.3, 0.4) is 0 Å². The molecular weight excluding hydrogens is 596 g/mol. The Morgan fingerprint density at radius 1 is 1.16 bits per heavy atom. The first kappa shape index (κ1) is 30.6. The first-order chi connectivity index (χ1) is 20.6. The van der Waals surface area contributed by atoms with Crippen molar-refractivity contribution in [3.05, 3.63) is 88.7 Å². The summed E-state index contributed by atoms with van der Waals surface area (Å²) < 4.78 is 58.4. The van der Waals surface area contributed by atoms with Gasteiger partial charge < -0.3 is 15.0 Å². The third-order valence-electron chi connectivity index (χ3n) is 7.12. The highest BCUT2D eigenvalue weighted by Gasteiger charge is 2.30. The number of piperidine rings is 1. The summed E-state index contributed by atoms with van der Waals surface area (Å²) >= 11 is 1.51. The fourth-order valence-electron chi connectivity index (χ4n) is 5.09. The van der Waals surface area contributed by atoms with Crippen molar-refractivity contribution in [2.45, 2.75) is 38.0 Å². The highest BCUT2D eigenvalue weighted by molar-refractivity contribution is 7.92. The second-order valence-electron chi connectivity index (χ2n) is 10.5. The molecule has 1 aliphatic heterocycles. The first-order valence-corrected chi connectivity index (χ1v) is 16.7. The number of ether oxygens (including phenoxy) is 1. The van der Waals surface area contributed by atoms with Crippen molar-refractivity contribution in [2.75, 3.05) is 35.5 Å². The van der Waals surface area contributed by atoms with Gasteiger partial charge in [-0.15, -0.1) is 0 Å². The monoisotopic (exact) mass is 629 g/mol. The number of rotatable bonds is 11. The van der Waals surface area contributed by atoms with Gasteiger partial charge in [-0.1, -0.05) is 12.1 Å². The SMILES string of the molecule is CS(=O)(=O)Nc1ccc(Oc2ccc(CN3CCC(N(C(=O)CNC4=CCC(F)C=C4F)c4ccsc4)CC3)cn2)cc1. The zero-order valence-electron chi connectivity index (χ0n) is 23.6. The molecule has 9 nitrogen and oxygen atoms in total. The summed E-state index contributed by atoms with van der Waals surface area (Å²) in [6.07, 6.45) is 5.55. The van der Waals surface area contributed by atoms with E-state index in [1.54, 1.807) is 41.4 Å². The van der Waals surface area contributed by atoms with Gasteiger partial charge in [-0.25, -0.2) is 22.2 Å². The summed E-state index contributed by atoms with van der Waals surface area (Å²) in [6.45, 7) is 2.20. The van der Waals surface area contributed by atoms with Crippen molar-refractivity contribution < 1.29 is 26.7 Å². The molecule has 1 amide bonds. The third-order valence-corrected chi connectivity index (χ3v) is 8.40. The van der Waals surface area contributed by atoms with Gasteiger partial charge in [0.2, 0.25) is 21.8 Å². The fraction of sp³-hybridized carbons (Fsp3) is 0.333. The Bertz CT molecular complexity index is 1550. The average Bonchev–Trinajstić information content (AvgIpc) is 3.49. The third kappa shape index (κ3) is 8.62. The predicted octanol–water partition coefficient (Wildman–Crippen LogP) is 5.37. The molecule has 5 rings (SSSR count). The maximum Gasteiger partial charge on any atom is 0.246 e. The normalized spacial score (nSPS) is 18.0. The van der Waals surface area contributed by atoms with E-state index in [4.69, 9.17) is 4.74 Å². The van der Waals surface area contributed by atoms with Gasteiger partial charge in [0.15, 0.2) is 0 Å². The minimum absolute atomic E-state index is 0.00372. The van der Waals surface area contributed by atoms with E-state index < -0.39 is 22.0 Å². The van der Waals surface area contributed by atoms with E-state index in [9.17, 15) is 22.0 Å². The number of carbonyl (C=O) groups is 1. The molecular formula is C30H33F2N5O4S2. The second-order valence-corrected chi connectivity index (χ2v) is 13.0. The number of halogens is 2. The van der Waals surface area contributed by atoms with E-state index in [-0.39, 0.29) is 30.6 Å². The summed E-state index contributed by atoms with van der Waals surface area (Å²) in [6, 6.07) is 12.2. The smallest absolute Gasteiger partial charge is 0.246 e. The molecule has 3 heterocycles. The summed E-state index contributed by atoms with van der Waals surface area (Å²) in [5, 5.41) is 6.72. The van der Waals surface area contributed by atoms with Crippen molar-refractivity contribution in [1.29, 1.82) is 0 Å². The van der Waals surface area contributed by atoms with Gasteiger partial charge in [0, 0.05) is 55.4 Å². The number of hydrogen-bond donors (Lipinski definition) is 2. The number of benzene rings is 1. The molecule has 0 bridgehead atoms. The molecule has 1 aromatic carbocycles. The Kier molecular flexibility index (Phi) is 9.73. The number of pyridine rings is 1. The van der Waals surface area contributed by atoms with Crippen molar-refractivity contribution >= 4 is 38.6 Å². The molecule has 0 radical (unpaired) electrons. The van der Waals surface area contributed by atoms with E-state index in [1.807, 2.05) is 22.9 Å². The highest BCUT2D eigenvalue weighted by atomic mass is 32.2. The molecule has 1 atom stereocenters. The lowest BCUT2D eigenvalue weighted by molar-refractivity contribution is -0.118. The standard InChI is InChI=1S/C30H33F2N5O4S2/c1-43(39,40)35-23-4-6-26(7-5-23)41-29-9-2-21(17-34-29)19-36-13-10-24(11-14-36)37(25-12-15-42-20-25)30(38)18-33-28-8-3-22(31)16-27(28)32/h2,4-9,12,15-17,20,22,24,33,35H,3,10-11,13-14,18-19H2,1H3. The molecule has 228 valence electrons. The predicted molar refractivity (Wildman–Crippen MR) is 164 cm³/mol. The molecule has 2 aromatic heterocycles. The van der Waals surface area contributed by atoms with Crippen molar-refractivity contribution in [1.82, 2.24) is 15.2 Å². The molecule has 3 aromatic rings. The van der Waals surface area contributed by atoms with Gasteiger partial charge in [-0.05, 0) is 60.2 Å². The number of likely N-dealkylation sites (tertiary alicyclic amines) is 1. The Hall–Kier alpha value is -3.81. The first-order valence-electron chi connectivity index (χ1n) is 13.9. The van der Waals surface area contributed by atoms with Gasteiger partial charge in [0.05, 0.1) is 24.2 Å². The van der Waals surface area contributed by atoms with Crippen LogP contribution in [0.2, 0.25) is 0 Å². The van der Waals surface area contributed by atoms with Gasteiger partial charge in [-0.2, -0.15) is 11.3 Å². The van der Waals surface area contributed by atoms with E-state index in [2.05, 4.69) is 19.9 Å². The molecule has 1 unspecified atom stereocenters. The number of allylic oxidation sites excluding steroid dienone is 3. The molecule has 2 aliphatic rings. The molecule has 1 aliphatic carbocycles. The molecule has 0 saturated carbocycles. The van der Waals surface area contributed by atoms with E-state index in [1.165, 1.54) is 17.4 Å². The van der Waals surface area contributed by atoms with Crippen LogP contribution in [-0.4, -0.2) is 62.3 Å². The maximum atomic E-state index is 14.1. The quantitative estimate of drug-likeness (QED) is 0.294. The molecule has 1 saturated heterocycles. The number of anilines is 2. The summed E-state index contributed by atoms with van der Waals surface area (Å²) in [4.78, 5) is 21.9. The summed E-state index contributed by atoms with van der Waals surface area (Å²) in [7, 11) is -3.35. The largest absolute Gasteiger partial charge is 0.439 e. The molecule has 2 N–H and O–H groups in total. The van der Waals surface area contributed by atoms with Crippen LogP contribution >= 0.6 is 11.3 Å². The Morgan fingerprint density at radius 3 is 2.56 bits per heavy atom. The summed E-state index contributed by atoms with van der Waals surface area (Å²) in [5.74, 6) is 0.128. The van der Waals surface area contributed by atoms with Crippen molar-refractivity contribution in [3.8, 4) is 11.6 Å². The molecule has 43 heavy (non-hydrogen) atoms. The molecule has 13 heteroatoms. The highest BCUT2D eigenvalue weighted by Crippen LogP contribution is 2.28. The lowest BCUT2D eigenvalue weighted by Gasteiger charge is -2.38. The van der Waals surface area contributed by atoms with Gasteiger partial charge in [0.25, 0.3) is 0 Å². The number of aromatic nitrogens is 1. The Balaban J connectivity index is 1.13. The van der Waals surface area contributed by atoms with Crippen LogP contribution in [0.15, 0.2) is 83.1 Å². The fourth-order valence-corrected chi connectivity index (χ4v) is 6.29. The van der Waals surface area contributed by atoms with Crippen LogP contribution in [0.5, 0.6) is 11.6 Å². The van der Waals surface area contributed by atoms with Gasteiger partial charge >= 0.3 is 0 Å². The zero-order chi connectivity index (χ0) is 30.4. The minimum atomic E-state index is -3.35. The molecule has 1 fully saturated rings. The number of nitrogens with zero attached hydrogens (tertiary/aromatic N) is 3. The van der Waals surface area contributed by atoms with E-state index in [0.717, 1.165) is 49.5 Å². The zero-order valence-corrected chi connectivity index (χ0v) is 25.2. The lowest BCUT2D eigenvalue weighted by Crippen LogP contribution is -2.49. The Morgan fingerprint density at radius 2 is 1.93 bits per heavy atom. The van der Waals surface area contributed by atoms with Crippen molar-refractivity contribution in [3.63, 3.8) is 0 Å². The molecule has 0 spiro atoms. The lowest BCUT2D eigenvalue weighted by atomic mass is 10.0. The van der Waals surface area contributed by atoms with Crippen LogP contribution in [0.25, 0.3) is 0 Å². The van der Waals surface area contributed by atoms with Gasteiger partial charge in [-0.3, -0.25) is 14.4 Å². The number of sulfonamides is 1. The minimum Gasteiger partial charge on any atom is -0.439 e. The summed E-state index contributed by atoms with van der Waals surface area (Å²) in [5.41, 5.74) is 2.46. The van der Waals surface area contributed by atoms with Crippen LogP contribution in [0.4, 0.5) is 20.2 Å². The van der Waals surface area contributed by atoms with Crippen LogP contribution in [0, 0.1) is 0 Å². The number of thiophene rings is 1. The number of carbonyl (C=O) groups excluding carboxylic acids is 1. The number of hydrogen-bond acceptors (Lipinski definition) is 8. The van der Waals surface area contributed by atoms with Gasteiger partial charge in [0.1, 0.15) is 17.7 Å². The number of nitrogens with one attached hydrogen (secondary N) is 2. The number of alkyl halides is 1. The average molecular weight is 630 g/mol. The Labute approximate surface area is 253 Å². The maximum absolute atomic E-state index is 14.1. The number of amides is 1. The second kappa shape index (κ2) is 13.7. The van der Waals surface area contributed by atoms with E-state index in [0.29, 0.717) is 23.9 Å². The van der Waals surface area contributed by atoms with Crippen LogP contribution in [-0.2, 0) is 21.4 Å². The van der Waals surface area contributed by atoms with Crippen LogP contribution in [0.1, 0.15) is 24.8 Å². The topological polar surface area (TPSA) is 104 Å². The van der Waals surface area contributed by atoms with Crippen LogP contribution < -0.4 is 19.7 Å².